The maximum atomic E-state index is 13.1. The Hall–Kier alpha value is -13.5. The monoisotopic (exact) mass is 1930 g/mol. The Morgan fingerprint density at radius 1 is 0.365 bits per heavy atom. The smallest absolute Gasteiger partial charge is 0.336 e. The summed E-state index contributed by atoms with van der Waals surface area (Å²) in [6, 6.07) is 54.4. The van der Waals surface area contributed by atoms with Gasteiger partial charge in [0, 0.05) is 151 Å². The van der Waals surface area contributed by atoms with Crippen molar-refractivity contribution in [3.05, 3.63) is 344 Å². The molecule has 5 aliphatic rings. The predicted octanol–water partition coefficient (Wildman–Crippen LogP) is 23.9. The lowest BCUT2D eigenvalue weighted by Crippen LogP contribution is -2.26. The molecule has 12 aromatic rings. The summed E-state index contributed by atoms with van der Waals surface area (Å²) in [6.45, 7) is 23.0. The van der Waals surface area contributed by atoms with E-state index in [-0.39, 0.29) is 60.1 Å². The number of aromatic nitrogens is 10. The number of anilines is 5. The van der Waals surface area contributed by atoms with Gasteiger partial charge < -0.3 is 50.3 Å². The van der Waals surface area contributed by atoms with Crippen molar-refractivity contribution in [2.45, 2.75) is 170 Å². The molecule has 17 rings (SSSR count). The Balaban J connectivity index is 0.000000145. The standard InChI is InChI=1S/C27H26ClN3O3.C23H25N3O2.3C19H22ClN3O2/c1-3-10-22-25(27(33)34-4-2)24(19-13-8-9-14-21(19)28)20-17-31(30-26(20)29-22)23(32)16-15-18-11-6-5-7-12-18;1-4-9-19-21(23(27)28-5-2)20(18-14-24-26(3)22(18)25-19)17-13-8-11-15-10-6-7-12-16(15)17;1-4-8-15-17(19(24)25-5-2)16(12-9-6-7-10-14(12)20)13-11-23(3)22-18(13)21-15;1-4-8-15-17(19(24)25-5-2)16(12-9-6-7-10-14(12)20)13-11-21-23(3)18(13)22-15;1-4-8-14-17(19(24)25-5-2)16(12-9-6-7-10-13(12)20)15-11(3)22-23-18(15)21-14/h5-9,11-17,24H,3-4,10H2,1-2H3,(H,29,30);6-8,10-14,20,25H,4-5,9H2,1-3H3;6-7,9-11,16H,4-5,8H2,1-3H3,(H,21,22);6-7,9-11,16,22H,4-5,8H2,1-3H3;6-7,9-10,16H,4-5,8H2,1-3H3,(H2,21,22,23)/b16-15+;;;;. The van der Waals surface area contributed by atoms with Crippen LogP contribution in [0.25, 0.3) is 16.8 Å². The number of carbonyl (C=O) groups excluding carboxylic acids is 6. The van der Waals surface area contributed by atoms with Gasteiger partial charge in [0.15, 0.2) is 17.5 Å². The van der Waals surface area contributed by atoms with E-state index >= 15 is 0 Å². The number of rotatable bonds is 27. The number of carbonyl (C=O) groups is 6. The van der Waals surface area contributed by atoms with Crippen molar-refractivity contribution < 1.29 is 52.5 Å². The van der Waals surface area contributed by atoms with E-state index in [0.29, 0.717) is 92.2 Å². The molecular weight excluding hydrogens is 1810 g/mol. The first-order chi connectivity index (χ1) is 66.4. The van der Waals surface area contributed by atoms with Crippen LogP contribution in [0.15, 0.2) is 257 Å². The number of halogens is 4. The molecule has 5 aliphatic heterocycles. The summed E-state index contributed by atoms with van der Waals surface area (Å²) < 4.78 is 33.7. The van der Waals surface area contributed by atoms with Gasteiger partial charge in [-0.05, 0) is 148 Å². The van der Waals surface area contributed by atoms with Gasteiger partial charge in [-0.15, -0.1) is 5.10 Å². The largest absolute Gasteiger partial charge is 0.463 e. The van der Waals surface area contributed by atoms with Crippen LogP contribution < -0.4 is 26.6 Å². The zero-order valence-corrected chi connectivity index (χ0v) is 82.7. The molecule has 5 unspecified atom stereocenters. The molecular formula is C107H117Cl4N15O11. The van der Waals surface area contributed by atoms with Crippen LogP contribution in [0.3, 0.4) is 0 Å². The van der Waals surface area contributed by atoms with E-state index in [2.05, 4.69) is 115 Å². The highest BCUT2D eigenvalue weighted by Crippen LogP contribution is 2.52. The van der Waals surface area contributed by atoms with Crippen LogP contribution in [-0.4, -0.2) is 118 Å². The zero-order valence-electron chi connectivity index (χ0n) is 79.7. The number of H-pyrrole nitrogens is 1. The third kappa shape index (κ3) is 22.4. The van der Waals surface area contributed by atoms with E-state index in [9.17, 15) is 28.8 Å². The molecule has 26 nitrogen and oxygen atoms in total. The third-order valence-electron chi connectivity index (χ3n) is 23.9. The third-order valence-corrected chi connectivity index (χ3v) is 25.3. The van der Waals surface area contributed by atoms with Crippen LogP contribution in [0, 0.1) is 6.92 Å². The molecule has 0 fully saturated rings. The van der Waals surface area contributed by atoms with Gasteiger partial charge in [0.25, 0.3) is 5.91 Å². The summed E-state index contributed by atoms with van der Waals surface area (Å²) in [5, 5.41) is 46.7. The summed E-state index contributed by atoms with van der Waals surface area (Å²) in [5.41, 5.74) is 18.1. The number of aryl methyl sites for hydroxylation is 4. The molecule has 0 bridgehead atoms. The number of allylic oxidation sites excluding steroid dienone is 6. The molecule has 0 saturated heterocycles. The second-order valence-electron chi connectivity index (χ2n) is 33.1. The van der Waals surface area contributed by atoms with Crippen molar-refractivity contribution in [1.82, 2.24) is 49.3 Å². The molecule has 137 heavy (non-hydrogen) atoms. The minimum absolute atomic E-state index is 0.211. The lowest BCUT2D eigenvalue weighted by Gasteiger charge is -2.30. The molecule has 0 amide bonds. The second kappa shape index (κ2) is 47.3. The van der Waals surface area contributed by atoms with Crippen molar-refractivity contribution in [1.29, 1.82) is 0 Å². The van der Waals surface area contributed by atoms with Gasteiger partial charge in [0.05, 0.1) is 73.3 Å². The highest BCUT2D eigenvalue weighted by Gasteiger charge is 2.44. The van der Waals surface area contributed by atoms with Crippen LogP contribution in [0.2, 0.25) is 20.1 Å². The average molecular weight is 1930 g/mol. The number of fused-ring (bicyclic) bond motifs is 6. The van der Waals surface area contributed by atoms with Crippen LogP contribution in [0.1, 0.15) is 235 Å². The van der Waals surface area contributed by atoms with E-state index in [1.807, 2.05) is 213 Å². The van der Waals surface area contributed by atoms with E-state index in [0.717, 1.165) is 182 Å². The Morgan fingerprint density at radius 3 is 1.12 bits per heavy atom. The number of hydrogen-bond acceptors (Lipinski definition) is 21. The van der Waals surface area contributed by atoms with Crippen molar-refractivity contribution in [3.8, 4) is 0 Å². The zero-order chi connectivity index (χ0) is 97.7. The molecule has 10 heterocycles. The molecule has 5 aromatic heterocycles. The maximum Gasteiger partial charge on any atom is 0.336 e. The first-order valence-corrected chi connectivity index (χ1v) is 48.2. The summed E-state index contributed by atoms with van der Waals surface area (Å²) in [7, 11) is 5.67. The molecule has 7 aromatic carbocycles. The van der Waals surface area contributed by atoms with Crippen molar-refractivity contribution in [2.24, 2.45) is 21.1 Å². The lowest BCUT2D eigenvalue weighted by atomic mass is 9.80. The van der Waals surface area contributed by atoms with E-state index in [1.165, 1.54) is 10.8 Å². The van der Waals surface area contributed by atoms with E-state index < -0.39 is 11.9 Å². The van der Waals surface area contributed by atoms with Crippen LogP contribution in [-0.2, 0) is 68.8 Å². The van der Waals surface area contributed by atoms with Crippen molar-refractivity contribution >= 4 is 128 Å². The van der Waals surface area contributed by atoms with Gasteiger partial charge >= 0.3 is 29.8 Å². The fourth-order valence-electron chi connectivity index (χ4n) is 18.1. The van der Waals surface area contributed by atoms with Crippen molar-refractivity contribution in [3.63, 3.8) is 0 Å². The Morgan fingerprint density at radius 2 is 0.701 bits per heavy atom. The quantitative estimate of drug-likeness (QED) is 0.0158. The summed E-state index contributed by atoms with van der Waals surface area (Å²) >= 11 is 26.0. The van der Waals surface area contributed by atoms with Gasteiger partial charge in [-0.3, -0.25) is 23.9 Å². The number of hydrogen-bond donors (Lipinski definition) is 6. The lowest BCUT2D eigenvalue weighted by molar-refractivity contribution is -0.139. The van der Waals surface area contributed by atoms with Crippen LogP contribution in [0.4, 0.5) is 29.1 Å². The van der Waals surface area contributed by atoms with Crippen LogP contribution >= 0.6 is 46.4 Å². The van der Waals surface area contributed by atoms with Gasteiger partial charge in [0.2, 0.25) is 0 Å². The van der Waals surface area contributed by atoms with Gasteiger partial charge in [0.1, 0.15) is 11.6 Å². The van der Waals surface area contributed by atoms with Gasteiger partial charge in [-0.25, -0.2) is 28.7 Å². The van der Waals surface area contributed by atoms with Crippen molar-refractivity contribution in [2.75, 3.05) is 59.6 Å². The number of aromatic amines is 1. The molecule has 30 heteroatoms. The maximum absolute atomic E-state index is 13.1. The SMILES string of the molecule is CCCC1=C(C(=O)OCC)C(c2cccc3ccccc23)c2cnn(C)c2N1.CCCC1=C(C(=O)OCC)C(c2ccccc2Cl)c2c(n[nH]c2C)N1.CCCC1=C(C(=O)OCC)C(c2ccccc2Cl)c2cn(C(=O)/C=C/c3ccccc3)nc2N1.CCCC1=C(C(=O)OCC)C(c2ccccc2Cl)c2cn(C)nc2N1.CCCC1=C(C(=O)OCC)C(c2ccccc2Cl)c2cnn(C)c2N1. The van der Waals surface area contributed by atoms with Gasteiger partial charge in [-0.2, -0.15) is 20.4 Å². The molecule has 6 N–H and O–H groups in total. The number of nitrogens with one attached hydrogen (secondary N) is 6. The number of ether oxygens (including phenoxy) is 5. The fourth-order valence-corrected chi connectivity index (χ4v) is 19.1. The van der Waals surface area contributed by atoms with Gasteiger partial charge in [-0.1, -0.05) is 259 Å². The molecule has 0 spiro atoms. The first-order valence-electron chi connectivity index (χ1n) is 46.7. The molecule has 0 saturated carbocycles. The molecule has 5 atom stereocenters. The summed E-state index contributed by atoms with van der Waals surface area (Å²) in [5.74, 6) is 0.382. The fraction of sp³-hybridized carbons (Fsp3) is 0.318. The highest BCUT2D eigenvalue weighted by atomic mass is 35.5. The Labute approximate surface area is 819 Å². The first kappa shape index (κ1) is 101. The Kier molecular flexibility index (Phi) is 34.8. The number of benzene rings is 7. The van der Waals surface area contributed by atoms with E-state index in [4.69, 9.17) is 70.1 Å². The summed E-state index contributed by atoms with van der Waals surface area (Å²) in [4.78, 5) is 77.6. The Bertz CT molecular complexity index is 6560. The molecule has 714 valence electrons. The average Bonchev–Trinajstić information content (AvgIpc) is 1.73. The molecule has 0 aliphatic carbocycles. The summed E-state index contributed by atoms with van der Waals surface area (Å²) in [6.07, 6.45) is 18.6. The number of nitrogens with zero attached hydrogens (tertiary/aromatic N) is 9. The van der Waals surface area contributed by atoms with Crippen LogP contribution in [0.5, 0.6) is 0 Å². The predicted molar refractivity (Wildman–Crippen MR) is 541 cm³/mol. The van der Waals surface area contributed by atoms with E-state index in [1.54, 1.807) is 40.8 Å². The topological polar surface area (TPSA) is 309 Å². The molecule has 0 radical (unpaired) electrons. The second-order valence-corrected chi connectivity index (χ2v) is 34.7. The normalized spacial score (nSPS) is 16.0. The number of esters is 5. The highest BCUT2D eigenvalue weighted by molar-refractivity contribution is 6.33. The minimum Gasteiger partial charge on any atom is -0.463 e. The minimum atomic E-state index is -0.509.